The van der Waals surface area contributed by atoms with Crippen molar-refractivity contribution < 1.29 is 4.74 Å². The SMILES string of the molecule is CCCOCCCN=C1NC(C(C)C)CS1. The predicted octanol–water partition coefficient (Wildman–Crippen LogP) is 2.52. The highest BCUT2D eigenvalue weighted by Crippen LogP contribution is 2.18. The van der Waals surface area contributed by atoms with Crippen molar-refractivity contribution in [1.82, 2.24) is 5.32 Å². The van der Waals surface area contributed by atoms with Gasteiger partial charge in [-0.25, -0.2) is 0 Å². The summed E-state index contributed by atoms with van der Waals surface area (Å²) in [5.74, 6) is 1.84. The minimum absolute atomic E-state index is 0.597. The van der Waals surface area contributed by atoms with E-state index < -0.39 is 0 Å². The molecule has 1 fully saturated rings. The van der Waals surface area contributed by atoms with Gasteiger partial charge in [0.15, 0.2) is 5.17 Å². The summed E-state index contributed by atoms with van der Waals surface area (Å²) in [4.78, 5) is 4.54. The molecule has 0 bridgehead atoms. The lowest BCUT2D eigenvalue weighted by Gasteiger charge is -2.13. The molecule has 0 saturated carbocycles. The maximum Gasteiger partial charge on any atom is 0.156 e. The molecule has 0 aromatic heterocycles. The van der Waals surface area contributed by atoms with Gasteiger partial charge in [0.2, 0.25) is 0 Å². The summed E-state index contributed by atoms with van der Waals surface area (Å²) in [6.07, 6.45) is 2.13. The molecule has 1 N–H and O–H groups in total. The van der Waals surface area contributed by atoms with Gasteiger partial charge in [-0.15, -0.1) is 0 Å². The van der Waals surface area contributed by atoms with Gasteiger partial charge in [-0.1, -0.05) is 32.5 Å². The van der Waals surface area contributed by atoms with Crippen LogP contribution in [0.3, 0.4) is 0 Å². The second-order valence-electron chi connectivity index (χ2n) is 4.46. The third kappa shape index (κ3) is 5.21. The van der Waals surface area contributed by atoms with Gasteiger partial charge >= 0.3 is 0 Å². The molecule has 0 aromatic rings. The molecule has 1 unspecified atom stereocenters. The highest BCUT2D eigenvalue weighted by molar-refractivity contribution is 8.14. The highest BCUT2D eigenvalue weighted by Gasteiger charge is 2.22. The first kappa shape index (κ1) is 13.8. The second kappa shape index (κ2) is 7.96. The van der Waals surface area contributed by atoms with Gasteiger partial charge < -0.3 is 10.1 Å². The Hall–Kier alpha value is -0.220. The first-order valence-electron chi connectivity index (χ1n) is 6.25. The highest BCUT2D eigenvalue weighted by atomic mass is 32.2. The summed E-state index contributed by atoms with van der Waals surface area (Å²) in [5, 5.41) is 4.58. The number of nitrogens with one attached hydrogen (secondary N) is 1. The molecule has 0 spiro atoms. The quantitative estimate of drug-likeness (QED) is 0.699. The molecule has 16 heavy (non-hydrogen) atoms. The van der Waals surface area contributed by atoms with E-state index in [2.05, 4.69) is 31.1 Å². The standard InChI is InChI=1S/C12H24N2OS/c1-4-7-15-8-5-6-13-12-14-11(9-16-12)10(2)3/h10-11H,4-9H2,1-3H3,(H,13,14). The van der Waals surface area contributed by atoms with E-state index in [9.17, 15) is 0 Å². The second-order valence-corrected chi connectivity index (χ2v) is 5.47. The van der Waals surface area contributed by atoms with E-state index in [-0.39, 0.29) is 0 Å². The summed E-state index contributed by atoms with van der Waals surface area (Å²) in [5.41, 5.74) is 0. The van der Waals surface area contributed by atoms with Gasteiger partial charge in [-0.3, -0.25) is 4.99 Å². The monoisotopic (exact) mass is 244 g/mol. The smallest absolute Gasteiger partial charge is 0.156 e. The maximum absolute atomic E-state index is 5.41. The summed E-state index contributed by atoms with van der Waals surface area (Å²) in [7, 11) is 0. The number of thioether (sulfide) groups is 1. The van der Waals surface area contributed by atoms with Crippen LogP contribution in [-0.4, -0.2) is 36.7 Å². The lowest BCUT2D eigenvalue weighted by Crippen LogP contribution is -2.31. The third-order valence-corrected chi connectivity index (χ3v) is 3.61. The van der Waals surface area contributed by atoms with Crippen LogP contribution in [0.1, 0.15) is 33.6 Å². The number of ether oxygens (including phenoxy) is 1. The molecule has 1 saturated heterocycles. The Kier molecular flexibility index (Phi) is 6.88. The van der Waals surface area contributed by atoms with Gasteiger partial charge in [0, 0.05) is 31.6 Å². The number of amidine groups is 1. The predicted molar refractivity (Wildman–Crippen MR) is 72.2 cm³/mol. The van der Waals surface area contributed by atoms with Crippen LogP contribution >= 0.6 is 11.8 Å². The first-order chi connectivity index (χ1) is 7.74. The normalized spacial score (nSPS) is 23.0. The number of aliphatic imine (C=N–C) groups is 1. The number of nitrogens with zero attached hydrogens (tertiary/aromatic N) is 1. The summed E-state index contributed by atoms with van der Waals surface area (Å²) in [6.45, 7) is 9.22. The van der Waals surface area contributed by atoms with Crippen molar-refractivity contribution in [2.75, 3.05) is 25.5 Å². The molecule has 0 aliphatic carbocycles. The Morgan fingerprint density at radius 1 is 1.50 bits per heavy atom. The molecule has 1 atom stereocenters. The Bertz CT molecular complexity index is 219. The fourth-order valence-electron chi connectivity index (χ4n) is 1.45. The first-order valence-corrected chi connectivity index (χ1v) is 7.24. The van der Waals surface area contributed by atoms with Crippen molar-refractivity contribution in [3.63, 3.8) is 0 Å². The fraction of sp³-hybridized carbons (Fsp3) is 0.917. The topological polar surface area (TPSA) is 33.6 Å². The lowest BCUT2D eigenvalue weighted by molar-refractivity contribution is 0.134. The van der Waals surface area contributed by atoms with Crippen molar-refractivity contribution in [1.29, 1.82) is 0 Å². The molecular weight excluding hydrogens is 220 g/mol. The molecule has 94 valence electrons. The average molecular weight is 244 g/mol. The molecular formula is C12H24N2OS. The van der Waals surface area contributed by atoms with E-state index in [1.165, 1.54) is 0 Å². The Labute approximate surface area is 103 Å². The average Bonchev–Trinajstić information content (AvgIpc) is 2.72. The van der Waals surface area contributed by atoms with Crippen LogP contribution in [0.5, 0.6) is 0 Å². The van der Waals surface area contributed by atoms with E-state index in [1.807, 2.05) is 11.8 Å². The van der Waals surface area contributed by atoms with E-state index >= 15 is 0 Å². The van der Waals surface area contributed by atoms with Crippen molar-refractivity contribution in [3.8, 4) is 0 Å². The third-order valence-electron chi connectivity index (χ3n) is 2.56. The van der Waals surface area contributed by atoms with E-state index in [1.54, 1.807) is 0 Å². The molecule has 4 heteroatoms. The van der Waals surface area contributed by atoms with Crippen LogP contribution < -0.4 is 5.32 Å². The summed E-state index contributed by atoms with van der Waals surface area (Å²) < 4.78 is 5.41. The van der Waals surface area contributed by atoms with Crippen molar-refractivity contribution in [2.24, 2.45) is 10.9 Å². The summed E-state index contributed by atoms with van der Waals surface area (Å²) in [6, 6.07) is 0.597. The Morgan fingerprint density at radius 3 is 2.94 bits per heavy atom. The Balaban J connectivity index is 2.07. The molecule has 1 aliphatic rings. The largest absolute Gasteiger partial charge is 0.381 e. The molecule has 0 radical (unpaired) electrons. The zero-order valence-electron chi connectivity index (χ0n) is 10.7. The summed E-state index contributed by atoms with van der Waals surface area (Å²) >= 11 is 1.85. The molecule has 0 aromatic carbocycles. The van der Waals surface area contributed by atoms with Crippen molar-refractivity contribution >= 4 is 16.9 Å². The molecule has 0 amide bonds. The molecule has 1 aliphatic heterocycles. The van der Waals surface area contributed by atoms with Gasteiger partial charge in [-0.2, -0.15) is 0 Å². The van der Waals surface area contributed by atoms with E-state index in [0.29, 0.717) is 12.0 Å². The van der Waals surface area contributed by atoms with E-state index in [0.717, 1.165) is 43.5 Å². The molecule has 1 rings (SSSR count). The molecule has 1 heterocycles. The van der Waals surface area contributed by atoms with Crippen molar-refractivity contribution in [3.05, 3.63) is 0 Å². The number of hydrogen-bond acceptors (Lipinski definition) is 3. The van der Waals surface area contributed by atoms with Crippen LogP contribution in [0.25, 0.3) is 0 Å². The van der Waals surface area contributed by atoms with Crippen molar-refractivity contribution in [2.45, 2.75) is 39.7 Å². The van der Waals surface area contributed by atoms with Crippen LogP contribution in [-0.2, 0) is 4.74 Å². The fourth-order valence-corrected chi connectivity index (χ4v) is 2.68. The Morgan fingerprint density at radius 2 is 2.31 bits per heavy atom. The maximum atomic E-state index is 5.41. The van der Waals surface area contributed by atoms with Crippen LogP contribution in [0.4, 0.5) is 0 Å². The minimum atomic E-state index is 0.597. The number of rotatable bonds is 7. The van der Waals surface area contributed by atoms with E-state index in [4.69, 9.17) is 4.74 Å². The molecule has 3 nitrogen and oxygen atoms in total. The van der Waals surface area contributed by atoms with Crippen LogP contribution in [0.2, 0.25) is 0 Å². The van der Waals surface area contributed by atoms with Gasteiger partial charge in [0.1, 0.15) is 0 Å². The van der Waals surface area contributed by atoms with Crippen LogP contribution in [0, 0.1) is 5.92 Å². The lowest BCUT2D eigenvalue weighted by atomic mass is 10.1. The van der Waals surface area contributed by atoms with Gasteiger partial charge in [0.25, 0.3) is 0 Å². The zero-order chi connectivity index (χ0) is 11.8. The number of hydrogen-bond donors (Lipinski definition) is 1. The zero-order valence-corrected chi connectivity index (χ0v) is 11.5. The van der Waals surface area contributed by atoms with Crippen LogP contribution in [0.15, 0.2) is 4.99 Å². The minimum Gasteiger partial charge on any atom is -0.381 e. The van der Waals surface area contributed by atoms with Gasteiger partial charge in [-0.05, 0) is 18.8 Å². The van der Waals surface area contributed by atoms with Gasteiger partial charge in [0.05, 0.1) is 0 Å².